The minimum atomic E-state index is -1.29. The molecule has 0 atom stereocenters. The van der Waals surface area contributed by atoms with Crippen molar-refractivity contribution in [3.05, 3.63) is 30.0 Å². The molecule has 0 unspecified atom stereocenters. The fourth-order valence-electron chi connectivity index (χ4n) is 4.56. The van der Waals surface area contributed by atoms with Gasteiger partial charge in [-0.15, -0.1) is 0 Å². The first-order valence-corrected chi connectivity index (χ1v) is 11.2. The second-order valence-electron chi connectivity index (χ2n) is 8.68. The number of aromatic amines is 1. The number of nitrogens with one attached hydrogen (secondary N) is 1. The lowest BCUT2D eigenvalue weighted by molar-refractivity contribution is -0.147. The number of rotatable bonds is 9. The van der Waals surface area contributed by atoms with Crippen molar-refractivity contribution in [2.24, 2.45) is 0 Å². The summed E-state index contributed by atoms with van der Waals surface area (Å²) in [5, 5.41) is 9.85. The Morgan fingerprint density at radius 3 is 2.42 bits per heavy atom. The van der Waals surface area contributed by atoms with E-state index in [9.17, 15) is 24.3 Å². The molecule has 0 spiro atoms. The Labute approximate surface area is 192 Å². The standard InChI is InChI=1S/C24H31N3O6/c1-15(2)27(16-7-5-4-6-8-16)21(28)13-26(14-22(29)30)24(32)23(31)19-12-25-20-11-17(33-3)9-10-18(19)20/h9-12,15-16,25H,4-8,13-14H2,1-3H3,(H,29,30). The Bertz CT molecular complexity index is 1040. The Balaban J connectivity index is 1.82. The van der Waals surface area contributed by atoms with Gasteiger partial charge in [0.2, 0.25) is 5.91 Å². The Hall–Kier alpha value is -3.36. The average molecular weight is 458 g/mol. The van der Waals surface area contributed by atoms with Gasteiger partial charge in [-0.25, -0.2) is 0 Å². The fourth-order valence-corrected chi connectivity index (χ4v) is 4.56. The SMILES string of the molecule is COc1ccc2c(C(=O)C(=O)N(CC(=O)O)CC(=O)N(C(C)C)C3CCCCC3)c[nH]c2c1. The number of aromatic nitrogens is 1. The van der Waals surface area contributed by atoms with E-state index in [1.807, 2.05) is 13.8 Å². The number of fused-ring (bicyclic) bond motifs is 1. The molecule has 9 nitrogen and oxygen atoms in total. The molecule has 3 rings (SSSR count). The predicted octanol–water partition coefficient (Wildman–Crippen LogP) is 2.84. The number of amides is 2. The number of hydrogen-bond donors (Lipinski definition) is 2. The van der Waals surface area contributed by atoms with Crippen LogP contribution in [0.25, 0.3) is 10.9 Å². The number of benzene rings is 1. The van der Waals surface area contributed by atoms with Crippen LogP contribution >= 0.6 is 0 Å². The van der Waals surface area contributed by atoms with E-state index in [4.69, 9.17) is 4.74 Å². The van der Waals surface area contributed by atoms with E-state index < -0.39 is 30.7 Å². The summed E-state index contributed by atoms with van der Waals surface area (Å²) in [5.41, 5.74) is 0.725. The van der Waals surface area contributed by atoms with Gasteiger partial charge >= 0.3 is 5.97 Å². The lowest BCUT2D eigenvalue weighted by Gasteiger charge is -2.38. The molecule has 33 heavy (non-hydrogen) atoms. The highest BCUT2D eigenvalue weighted by Gasteiger charge is 2.33. The van der Waals surface area contributed by atoms with Crippen LogP contribution in [0.15, 0.2) is 24.4 Å². The van der Waals surface area contributed by atoms with Gasteiger partial charge in [-0.1, -0.05) is 19.3 Å². The van der Waals surface area contributed by atoms with E-state index in [0.29, 0.717) is 16.7 Å². The van der Waals surface area contributed by atoms with Crippen LogP contribution in [0, 0.1) is 0 Å². The highest BCUT2D eigenvalue weighted by Crippen LogP contribution is 2.26. The van der Waals surface area contributed by atoms with Crippen molar-refractivity contribution in [1.29, 1.82) is 0 Å². The normalized spacial score (nSPS) is 14.3. The van der Waals surface area contributed by atoms with Crippen molar-refractivity contribution in [2.45, 2.75) is 58.0 Å². The second-order valence-corrected chi connectivity index (χ2v) is 8.68. The van der Waals surface area contributed by atoms with Gasteiger partial charge in [0.15, 0.2) is 0 Å². The van der Waals surface area contributed by atoms with Gasteiger partial charge in [0.25, 0.3) is 11.7 Å². The third-order valence-electron chi connectivity index (χ3n) is 6.08. The van der Waals surface area contributed by atoms with Gasteiger partial charge in [0, 0.05) is 35.2 Å². The van der Waals surface area contributed by atoms with Gasteiger partial charge in [-0.2, -0.15) is 0 Å². The van der Waals surface area contributed by atoms with E-state index in [0.717, 1.165) is 37.0 Å². The zero-order chi connectivity index (χ0) is 24.1. The van der Waals surface area contributed by atoms with Gasteiger partial charge in [-0.3, -0.25) is 19.2 Å². The van der Waals surface area contributed by atoms with Crippen molar-refractivity contribution in [3.63, 3.8) is 0 Å². The number of carboxylic acids is 1. The number of Topliss-reactive ketones (excluding diaryl/α,β-unsaturated/α-hetero) is 1. The molecule has 9 heteroatoms. The molecule has 1 heterocycles. The van der Waals surface area contributed by atoms with Crippen molar-refractivity contribution in [1.82, 2.24) is 14.8 Å². The number of methoxy groups -OCH3 is 1. The maximum Gasteiger partial charge on any atom is 0.323 e. The van der Waals surface area contributed by atoms with Gasteiger partial charge in [-0.05, 0) is 38.8 Å². The molecule has 1 fully saturated rings. The van der Waals surface area contributed by atoms with E-state index in [-0.39, 0.29) is 23.6 Å². The van der Waals surface area contributed by atoms with Crippen molar-refractivity contribution < 1.29 is 29.0 Å². The topological polar surface area (TPSA) is 120 Å². The summed E-state index contributed by atoms with van der Waals surface area (Å²) >= 11 is 0. The van der Waals surface area contributed by atoms with E-state index >= 15 is 0 Å². The van der Waals surface area contributed by atoms with E-state index in [1.165, 1.54) is 13.3 Å². The minimum Gasteiger partial charge on any atom is -0.497 e. The van der Waals surface area contributed by atoms with Crippen LogP contribution < -0.4 is 4.74 Å². The smallest absolute Gasteiger partial charge is 0.323 e. The Kier molecular flexibility index (Phi) is 7.73. The molecule has 1 aromatic heterocycles. The fraction of sp³-hybridized carbons (Fsp3) is 0.500. The molecule has 2 amide bonds. The zero-order valence-electron chi connectivity index (χ0n) is 19.3. The molecule has 0 bridgehead atoms. The first-order chi connectivity index (χ1) is 15.7. The van der Waals surface area contributed by atoms with Crippen molar-refractivity contribution >= 4 is 34.5 Å². The maximum absolute atomic E-state index is 13.2. The van der Waals surface area contributed by atoms with Crippen LogP contribution in [0.3, 0.4) is 0 Å². The number of carbonyl (C=O) groups excluding carboxylic acids is 3. The third-order valence-corrected chi connectivity index (χ3v) is 6.08. The molecule has 2 N–H and O–H groups in total. The van der Waals surface area contributed by atoms with Crippen LogP contribution in [0.1, 0.15) is 56.3 Å². The van der Waals surface area contributed by atoms with Crippen LogP contribution in [0.4, 0.5) is 0 Å². The van der Waals surface area contributed by atoms with Gasteiger partial charge in [0.1, 0.15) is 18.8 Å². The van der Waals surface area contributed by atoms with Gasteiger partial charge < -0.3 is 24.6 Å². The molecule has 178 valence electrons. The Morgan fingerprint density at radius 2 is 1.82 bits per heavy atom. The van der Waals surface area contributed by atoms with Crippen molar-refractivity contribution in [3.8, 4) is 5.75 Å². The summed E-state index contributed by atoms with van der Waals surface area (Å²) in [4.78, 5) is 56.2. The summed E-state index contributed by atoms with van der Waals surface area (Å²) in [6, 6.07) is 4.98. The molecule has 0 aliphatic heterocycles. The lowest BCUT2D eigenvalue weighted by atomic mass is 9.93. The third kappa shape index (κ3) is 5.53. The summed E-state index contributed by atoms with van der Waals surface area (Å²) in [6.45, 7) is 2.62. The highest BCUT2D eigenvalue weighted by molar-refractivity contribution is 6.45. The number of ether oxygens (including phenoxy) is 1. The molecule has 1 saturated carbocycles. The zero-order valence-corrected chi connectivity index (χ0v) is 19.3. The summed E-state index contributed by atoms with van der Waals surface area (Å²) in [6.07, 6.45) is 6.37. The molecular weight excluding hydrogens is 426 g/mol. The molecule has 2 aromatic rings. The number of nitrogens with zero attached hydrogens (tertiary/aromatic N) is 2. The van der Waals surface area contributed by atoms with Gasteiger partial charge in [0.05, 0.1) is 12.7 Å². The lowest BCUT2D eigenvalue weighted by Crippen LogP contribution is -2.52. The molecular formula is C24H31N3O6. The average Bonchev–Trinajstić information content (AvgIpc) is 3.21. The summed E-state index contributed by atoms with van der Waals surface area (Å²) in [5.74, 6) is -2.93. The quantitative estimate of drug-likeness (QED) is 0.441. The predicted molar refractivity (Wildman–Crippen MR) is 122 cm³/mol. The summed E-state index contributed by atoms with van der Waals surface area (Å²) < 4.78 is 5.17. The van der Waals surface area contributed by atoms with Crippen LogP contribution in [0.5, 0.6) is 5.75 Å². The van der Waals surface area contributed by atoms with E-state index in [2.05, 4.69) is 4.98 Å². The number of H-pyrrole nitrogens is 1. The first-order valence-electron chi connectivity index (χ1n) is 11.2. The van der Waals surface area contributed by atoms with Crippen LogP contribution in [-0.2, 0) is 14.4 Å². The van der Waals surface area contributed by atoms with Crippen LogP contribution in [0.2, 0.25) is 0 Å². The van der Waals surface area contributed by atoms with E-state index in [1.54, 1.807) is 23.1 Å². The number of carboxylic acid groups (broad SMARTS) is 1. The maximum atomic E-state index is 13.2. The molecule has 1 aliphatic rings. The molecule has 1 aliphatic carbocycles. The second kappa shape index (κ2) is 10.5. The number of hydrogen-bond acceptors (Lipinski definition) is 5. The Morgan fingerprint density at radius 1 is 1.12 bits per heavy atom. The highest BCUT2D eigenvalue weighted by atomic mass is 16.5. The first kappa shape index (κ1) is 24.3. The minimum absolute atomic E-state index is 0.0623. The number of ketones is 1. The molecule has 1 aromatic carbocycles. The molecule has 0 radical (unpaired) electrons. The number of carbonyl (C=O) groups is 4. The van der Waals surface area contributed by atoms with Crippen molar-refractivity contribution in [2.75, 3.05) is 20.2 Å². The van der Waals surface area contributed by atoms with Crippen LogP contribution in [-0.4, -0.2) is 75.7 Å². The summed E-state index contributed by atoms with van der Waals surface area (Å²) in [7, 11) is 1.52. The molecule has 0 saturated heterocycles. The largest absolute Gasteiger partial charge is 0.497 e. The number of aliphatic carboxylic acids is 1. The monoisotopic (exact) mass is 457 g/mol.